The number of halogens is 1. The number of rotatable bonds is 7. The van der Waals surface area contributed by atoms with Crippen molar-refractivity contribution in [2.45, 2.75) is 6.54 Å². The van der Waals surface area contributed by atoms with Crippen molar-refractivity contribution in [3.63, 3.8) is 0 Å². The number of hydrogen-bond acceptors (Lipinski definition) is 5. The monoisotopic (exact) mass is 534 g/mol. The van der Waals surface area contributed by atoms with Gasteiger partial charge in [0.05, 0.1) is 20.5 Å². The maximum Gasteiger partial charge on any atom is 0.261 e. The summed E-state index contributed by atoms with van der Waals surface area (Å²) in [6.07, 6.45) is 1.64. The molecule has 4 aromatic rings. The largest absolute Gasteiger partial charge is 0.347 e. The van der Waals surface area contributed by atoms with Crippen LogP contribution in [0.4, 0.5) is 5.69 Å². The standard InChI is InChI=1S/C27H23ClN4O4S/c1-31(2)27(36)20-7-5-6-18(16-29-26(35)21-13-14-22(28)37-21)24(20)30-25(34)17-9-11-19(12-10-17)32-15-4-3-8-23(32)33/h3-15H,16H2,1-2H3,(H,29,35)(H,30,34). The van der Waals surface area contributed by atoms with E-state index < -0.39 is 5.91 Å². The molecule has 0 atom stereocenters. The zero-order valence-corrected chi connectivity index (χ0v) is 21.6. The van der Waals surface area contributed by atoms with Crippen LogP contribution in [0.15, 0.2) is 83.8 Å². The number of pyridine rings is 1. The summed E-state index contributed by atoms with van der Waals surface area (Å²) >= 11 is 7.09. The summed E-state index contributed by atoms with van der Waals surface area (Å²) in [5.41, 5.74) is 1.91. The highest BCUT2D eigenvalue weighted by molar-refractivity contribution is 7.18. The number of benzene rings is 2. The average molecular weight is 535 g/mol. The molecule has 0 saturated heterocycles. The quantitative estimate of drug-likeness (QED) is 0.366. The average Bonchev–Trinajstić information content (AvgIpc) is 3.34. The van der Waals surface area contributed by atoms with Crippen LogP contribution in [-0.4, -0.2) is 41.3 Å². The Balaban J connectivity index is 1.60. The highest BCUT2D eigenvalue weighted by Gasteiger charge is 2.20. The van der Waals surface area contributed by atoms with E-state index in [2.05, 4.69) is 10.6 Å². The van der Waals surface area contributed by atoms with Gasteiger partial charge in [-0.2, -0.15) is 0 Å². The number of amides is 3. The van der Waals surface area contributed by atoms with Crippen molar-refractivity contribution < 1.29 is 14.4 Å². The number of hydrogen-bond donors (Lipinski definition) is 2. The molecule has 2 N–H and O–H groups in total. The number of carbonyl (C=O) groups is 3. The van der Waals surface area contributed by atoms with E-state index in [9.17, 15) is 19.2 Å². The van der Waals surface area contributed by atoms with E-state index in [4.69, 9.17) is 11.6 Å². The summed E-state index contributed by atoms with van der Waals surface area (Å²) in [4.78, 5) is 52.5. The van der Waals surface area contributed by atoms with Crippen LogP contribution in [-0.2, 0) is 6.54 Å². The Labute approximate surface area is 222 Å². The van der Waals surface area contributed by atoms with Gasteiger partial charge in [0.25, 0.3) is 23.3 Å². The highest BCUT2D eigenvalue weighted by Crippen LogP contribution is 2.25. The first-order valence-corrected chi connectivity index (χ1v) is 12.4. The second kappa shape index (κ2) is 11.2. The molecule has 0 spiro atoms. The van der Waals surface area contributed by atoms with Gasteiger partial charge in [0.2, 0.25) is 0 Å². The number of para-hydroxylation sites is 1. The lowest BCUT2D eigenvalue weighted by Crippen LogP contribution is -2.27. The number of thiophene rings is 1. The SMILES string of the molecule is CN(C)C(=O)c1cccc(CNC(=O)c2ccc(Cl)s2)c1NC(=O)c1ccc(-n2ccccc2=O)cc1. The molecule has 0 radical (unpaired) electrons. The van der Waals surface area contributed by atoms with Crippen LogP contribution in [0.25, 0.3) is 5.69 Å². The molecule has 0 bridgehead atoms. The first kappa shape index (κ1) is 25.9. The Bertz CT molecular complexity index is 1530. The minimum atomic E-state index is -0.441. The Morgan fingerprint density at radius 3 is 2.32 bits per heavy atom. The van der Waals surface area contributed by atoms with Gasteiger partial charge in [0, 0.05) is 44.2 Å². The third-order valence-corrected chi connectivity index (χ3v) is 6.72. The maximum atomic E-state index is 13.2. The maximum absolute atomic E-state index is 13.2. The molecule has 188 valence electrons. The Morgan fingerprint density at radius 1 is 0.919 bits per heavy atom. The normalized spacial score (nSPS) is 10.6. The smallest absolute Gasteiger partial charge is 0.261 e. The number of nitrogens with one attached hydrogen (secondary N) is 2. The van der Waals surface area contributed by atoms with Crippen molar-refractivity contribution in [2.24, 2.45) is 0 Å². The summed E-state index contributed by atoms with van der Waals surface area (Å²) in [5, 5.41) is 5.66. The van der Waals surface area contributed by atoms with Crippen LogP contribution in [0.3, 0.4) is 0 Å². The van der Waals surface area contributed by atoms with E-state index in [1.807, 2.05) is 0 Å². The van der Waals surface area contributed by atoms with E-state index in [1.165, 1.54) is 15.5 Å². The predicted molar refractivity (Wildman–Crippen MR) is 145 cm³/mol. The molecule has 0 saturated carbocycles. The second-order valence-corrected chi connectivity index (χ2v) is 9.95. The molecule has 2 aromatic carbocycles. The lowest BCUT2D eigenvalue weighted by atomic mass is 10.0. The van der Waals surface area contributed by atoms with Gasteiger partial charge >= 0.3 is 0 Å². The molecular formula is C27H23ClN4O4S. The summed E-state index contributed by atoms with van der Waals surface area (Å²) in [6.45, 7) is 0.0778. The van der Waals surface area contributed by atoms with E-state index in [0.29, 0.717) is 31.7 Å². The number of carbonyl (C=O) groups excluding carboxylic acids is 3. The van der Waals surface area contributed by atoms with Crippen molar-refractivity contribution in [2.75, 3.05) is 19.4 Å². The molecule has 10 heteroatoms. The van der Waals surface area contributed by atoms with Gasteiger partial charge in [0.1, 0.15) is 0 Å². The molecule has 8 nitrogen and oxygen atoms in total. The molecule has 0 unspecified atom stereocenters. The molecule has 0 aliphatic heterocycles. The van der Waals surface area contributed by atoms with Crippen LogP contribution in [0.1, 0.15) is 36.0 Å². The minimum absolute atomic E-state index is 0.0778. The lowest BCUT2D eigenvalue weighted by molar-refractivity contribution is 0.0828. The van der Waals surface area contributed by atoms with Crippen LogP contribution in [0, 0.1) is 0 Å². The summed E-state index contributed by atoms with van der Waals surface area (Å²) < 4.78 is 1.97. The summed E-state index contributed by atoms with van der Waals surface area (Å²) in [5.74, 6) is -1.05. The van der Waals surface area contributed by atoms with Crippen LogP contribution in [0.5, 0.6) is 0 Å². The fourth-order valence-electron chi connectivity index (χ4n) is 3.61. The third-order valence-electron chi connectivity index (χ3n) is 5.49. The zero-order chi connectivity index (χ0) is 26.5. The molecule has 4 rings (SSSR count). The molecule has 0 aliphatic carbocycles. The summed E-state index contributed by atoms with van der Waals surface area (Å²) in [6, 6.07) is 19.7. The van der Waals surface area contributed by atoms with Crippen molar-refractivity contribution in [1.82, 2.24) is 14.8 Å². The Kier molecular flexibility index (Phi) is 7.86. The molecule has 2 aromatic heterocycles. The first-order chi connectivity index (χ1) is 17.7. The molecule has 2 heterocycles. The number of aromatic nitrogens is 1. The Morgan fingerprint density at radius 2 is 1.68 bits per heavy atom. The minimum Gasteiger partial charge on any atom is -0.347 e. The fraction of sp³-hybridized carbons (Fsp3) is 0.111. The van der Waals surface area contributed by atoms with Gasteiger partial charge in [-0.3, -0.25) is 23.7 Å². The van der Waals surface area contributed by atoms with Crippen molar-refractivity contribution in [1.29, 1.82) is 0 Å². The van der Waals surface area contributed by atoms with Crippen LogP contribution >= 0.6 is 22.9 Å². The van der Waals surface area contributed by atoms with Gasteiger partial charge in [-0.25, -0.2) is 0 Å². The molecule has 3 amide bonds. The fourth-order valence-corrected chi connectivity index (χ4v) is 4.57. The topological polar surface area (TPSA) is 101 Å². The molecular weight excluding hydrogens is 512 g/mol. The van der Waals surface area contributed by atoms with Crippen LogP contribution in [0.2, 0.25) is 4.34 Å². The molecule has 0 aliphatic rings. The summed E-state index contributed by atoms with van der Waals surface area (Å²) in [7, 11) is 3.24. The molecule has 37 heavy (non-hydrogen) atoms. The van der Waals surface area contributed by atoms with Gasteiger partial charge in [-0.1, -0.05) is 29.8 Å². The second-order valence-electron chi connectivity index (χ2n) is 8.24. The van der Waals surface area contributed by atoms with E-state index in [1.54, 1.807) is 87.0 Å². The van der Waals surface area contributed by atoms with Gasteiger partial charge < -0.3 is 15.5 Å². The van der Waals surface area contributed by atoms with E-state index in [0.717, 1.165) is 11.3 Å². The van der Waals surface area contributed by atoms with E-state index >= 15 is 0 Å². The van der Waals surface area contributed by atoms with Gasteiger partial charge in [-0.05, 0) is 54.1 Å². The zero-order valence-electron chi connectivity index (χ0n) is 20.0. The first-order valence-electron chi connectivity index (χ1n) is 11.2. The van der Waals surface area contributed by atoms with E-state index in [-0.39, 0.29) is 29.5 Å². The highest BCUT2D eigenvalue weighted by atomic mass is 35.5. The van der Waals surface area contributed by atoms with Crippen molar-refractivity contribution >= 4 is 46.3 Å². The molecule has 0 fully saturated rings. The van der Waals surface area contributed by atoms with Gasteiger partial charge in [0.15, 0.2) is 0 Å². The number of nitrogens with zero attached hydrogens (tertiary/aromatic N) is 2. The lowest BCUT2D eigenvalue weighted by Gasteiger charge is -2.18. The van der Waals surface area contributed by atoms with Gasteiger partial charge in [-0.15, -0.1) is 11.3 Å². The Hall–Kier alpha value is -4.21. The number of anilines is 1. The van der Waals surface area contributed by atoms with Crippen molar-refractivity contribution in [3.05, 3.63) is 115 Å². The third kappa shape index (κ3) is 5.96. The van der Waals surface area contributed by atoms with Crippen LogP contribution < -0.4 is 16.2 Å². The predicted octanol–water partition coefficient (Wildman–Crippen LogP) is 4.44. The van der Waals surface area contributed by atoms with Crippen molar-refractivity contribution in [3.8, 4) is 5.69 Å².